The molecule has 0 bridgehead atoms. The molecule has 0 aliphatic heterocycles. The van der Waals surface area contributed by atoms with Gasteiger partial charge >= 0.3 is 5.97 Å². The number of carbonyl (C=O) groups is 1. The lowest BCUT2D eigenvalue weighted by atomic mass is 10.2. The zero-order valence-electron chi connectivity index (χ0n) is 8.78. The normalized spacial score (nSPS) is 10.2. The first-order valence-electron chi connectivity index (χ1n) is 4.46. The predicted octanol–water partition coefficient (Wildman–Crippen LogP) is 1.79. The van der Waals surface area contributed by atoms with Crippen LogP contribution in [-0.4, -0.2) is 24.2 Å². The molecule has 0 amide bonds. The van der Waals surface area contributed by atoms with Gasteiger partial charge in [0, 0.05) is 0 Å². The highest BCUT2D eigenvalue weighted by molar-refractivity contribution is 5.91. The molecular weight excluding hydrogens is 201 g/mol. The molecule has 0 fully saturated rings. The van der Waals surface area contributed by atoms with Crippen LogP contribution >= 0.6 is 0 Å². The van der Waals surface area contributed by atoms with Gasteiger partial charge in [0.25, 0.3) is 0 Å². The Balaban J connectivity index is 2.97. The van der Waals surface area contributed by atoms with Crippen LogP contribution in [0.3, 0.4) is 0 Å². The summed E-state index contributed by atoms with van der Waals surface area (Å²) in [5, 5.41) is 0. The van der Waals surface area contributed by atoms with E-state index in [1.807, 2.05) is 0 Å². The van der Waals surface area contributed by atoms with Gasteiger partial charge in [-0.15, -0.1) is 0 Å². The minimum atomic E-state index is -0.701. The van der Waals surface area contributed by atoms with Crippen molar-refractivity contribution in [3.63, 3.8) is 0 Å². The Morgan fingerprint density at radius 3 is 2.67 bits per heavy atom. The molecule has 4 nitrogen and oxygen atoms in total. The van der Waals surface area contributed by atoms with Crippen LogP contribution < -0.4 is 4.74 Å². The number of esters is 1. The Bertz CT molecular complexity index is 366. The second-order valence-electron chi connectivity index (χ2n) is 3.14. The molecule has 1 aromatic rings. The Labute approximate surface area is 87.0 Å². The van der Waals surface area contributed by atoms with E-state index in [-0.39, 0.29) is 17.5 Å². The van der Waals surface area contributed by atoms with Crippen LogP contribution in [0.15, 0.2) is 12.1 Å². The Morgan fingerprint density at radius 2 is 2.13 bits per heavy atom. The molecule has 1 rings (SSSR count). The first-order chi connectivity index (χ1) is 7.04. The largest absolute Gasteiger partial charge is 0.480 e. The number of rotatable bonds is 3. The highest BCUT2D eigenvalue weighted by Crippen LogP contribution is 2.16. The van der Waals surface area contributed by atoms with Crippen LogP contribution in [0.1, 0.15) is 24.2 Å². The average Bonchev–Trinajstić information content (AvgIpc) is 2.16. The Morgan fingerprint density at radius 1 is 1.47 bits per heavy atom. The quantitative estimate of drug-likeness (QED) is 0.567. The summed E-state index contributed by atoms with van der Waals surface area (Å²) >= 11 is 0. The van der Waals surface area contributed by atoms with Gasteiger partial charge in [0.15, 0.2) is 0 Å². The number of halogens is 1. The molecule has 0 atom stereocenters. The van der Waals surface area contributed by atoms with Crippen LogP contribution in [0.5, 0.6) is 5.88 Å². The highest BCUT2D eigenvalue weighted by atomic mass is 19.1. The first kappa shape index (κ1) is 11.4. The second-order valence-corrected chi connectivity index (χ2v) is 3.14. The molecule has 1 aromatic heterocycles. The van der Waals surface area contributed by atoms with Crippen LogP contribution in [0, 0.1) is 5.95 Å². The molecule has 0 radical (unpaired) electrons. The summed E-state index contributed by atoms with van der Waals surface area (Å²) in [5.41, 5.74) is 0.118. The number of methoxy groups -OCH3 is 1. The van der Waals surface area contributed by atoms with Gasteiger partial charge in [0.05, 0.1) is 13.2 Å². The van der Waals surface area contributed by atoms with Crippen molar-refractivity contribution in [2.45, 2.75) is 20.0 Å². The SMILES string of the molecule is COc1nc(F)ccc1C(=O)OC(C)C. The predicted molar refractivity (Wildman–Crippen MR) is 51.3 cm³/mol. The summed E-state index contributed by atoms with van der Waals surface area (Å²) in [7, 11) is 1.31. The van der Waals surface area contributed by atoms with Crippen LogP contribution in [-0.2, 0) is 4.74 Å². The third kappa shape index (κ3) is 2.90. The third-order valence-electron chi connectivity index (χ3n) is 1.58. The number of hydrogen-bond donors (Lipinski definition) is 0. The fourth-order valence-corrected chi connectivity index (χ4v) is 1.01. The Kier molecular flexibility index (Phi) is 3.60. The maximum atomic E-state index is 12.7. The summed E-state index contributed by atoms with van der Waals surface area (Å²) in [4.78, 5) is 14.9. The van der Waals surface area contributed by atoms with E-state index >= 15 is 0 Å². The number of pyridine rings is 1. The van der Waals surface area contributed by atoms with Crippen molar-refractivity contribution in [1.29, 1.82) is 0 Å². The molecule has 0 unspecified atom stereocenters. The molecule has 0 aliphatic carbocycles. The zero-order valence-corrected chi connectivity index (χ0v) is 8.78. The van der Waals surface area contributed by atoms with E-state index in [1.165, 1.54) is 13.2 Å². The minimum Gasteiger partial charge on any atom is -0.480 e. The Hall–Kier alpha value is -1.65. The molecular formula is C10H12FNO3. The molecule has 0 saturated heterocycles. The summed E-state index contributed by atoms with van der Waals surface area (Å²) in [6.45, 7) is 3.45. The van der Waals surface area contributed by atoms with Crippen molar-refractivity contribution >= 4 is 5.97 Å². The molecule has 5 heteroatoms. The fourth-order valence-electron chi connectivity index (χ4n) is 1.01. The summed E-state index contributed by atoms with van der Waals surface area (Å²) in [6.07, 6.45) is -0.243. The molecule has 0 aromatic carbocycles. The highest BCUT2D eigenvalue weighted by Gasteiger charge is 2.16. The van der Waals surface area contributed by atoms with Crippen molar-refractivity contribution in [3.05, 3.63) is 23.6 Å². The molecule has 0 aliphatic rings. The van der Waals surface area contributed by atoms with Gasteiger partial charge < -0.3 is 9.47 Å². The summed E-state index contributed by atoms with van der Waals surface area (Å²) in [5.74, 6) is -1.34. The van der Waals surface area contributed by atoms with Crippen molar-refractivity contribution in [1.82, 2.24) is 4.98 Å². The fraction of sp³-hybridized carbons (Fsp3) is 0.400. The summed E-state index contributed by atoms with van der Waals surface area (Å²) < 4.78 is 22.4. The molecule has 15 heavy (non-hydrogen) atoms. The molecule has 82 valence electrons. The summed E-state index contributed by atoms with van der Waals surface area (Å²) in [6, 6.07) is 2.37. The number of ether oxygens (including phenoxy) is 2. The lowest BCUT2D eigenvalue weighted by Gasteiger charge is -2.09. The van der Waals surface area contributed by atoms with Crippen LogP contribution in [0.4, 0.5) is 4.39 Å². The van der Waals surface area contributed by atoms with Crippen molar-refractivity contribution in [2.75, 3.05) is 7.11 Å². The van der Waals surface area contributed by atoms with E-state index in [0.717, 1.165) is 6.07 Å². The van der Waals surface area contributed by atoms with Crippen LogP contribution in [0.2, 0.25) is 0 Å². The zero-order chi connectivity index (χ0) is 11.4. The molecule has 1 heterocycles. The van der Waals surface area contributed by atoms with Crippen molar-refractivity contribution in [3.8, 4) is 5.88 Å². The lowest BCUT2D eigenvalue weighted by Crippen LogP contribution is -2.13. The van der Waals surface area contributed by atoms with Gasteiger partial charge in [-0.1, -0.05) is 0 Å². The van der Waals surface area contributed by atoms with E-state index in [0.29, 0.717) is 0 Å². The van der Waals surface area contributed by atoms with E-state index in [9.17, 15) is 9.18 Å². The second kappa shape index (κ2) is 4.72. The van der Waals surface area contributed by atoms with Gasteiger partial charge in [-0.3, -0.25) is 0 Å². The number of aromatic nitrogens is 1. The van der Waals surface area contributed by atoms with Gasteiger partial charge in [-0.25, -0.2) is 4.79 Å². The van der Waals surface area contributed by atoms with Gasteiger partial charge in [-0.05, 0) is 26.0 Å². The van der Waals surface area contributed by atoms with Crippen molar-refractivity contribution in [2.24, 2.45) is 0 Å². The van der Waals surface area contributed by atoms with Crippen LogP contribution in [0.25, 0.3) is 0 Å². The number of hydrogen-bond acceptors (Lipinski definition) is 4. The third-order valence-corrected chi connectivity index (χ3v) is 1.58. The molecule has 0 spiro atoms. The maximum absolute atomic E-state index is 12.7. The van der Waals surface area contributed by atoms with E-state index in [1.54, 1.807) is 13.8 Å². The maximum Gasteiger partial charge on any atom is 0.343 e. The minimum absolute atomic E-state index is 0.0688. The van der Waals surface area contributed by atoms with Gasteiger partial charge in [-0.2, -0.15) is 9.37 Å². The monoisotopic (exact) mass is 213 g/mol. The average molecular weight is 213 g/mol. The number of carbonyl (C=O) groups excluding carboxylic acids is 1. The number of nitrogens with zero attached hydrogens (tertiary/aromatic N) is 1. The smallest absolute Gasteiger partial charge is 0.343 e. The molecule has 0 N–H and O–H groups in total. The van der Waals surface area contributed by atoms with E-state index in [2.05, 4.69) is 4.98 Å². The van der Waals surface area contributed by atoms with Gasteiger partial charge in [0.2, 0.25) is 11.8 Å². The first-order valence-corrected chi connectivity index (χ1v) is 4.46. The standard InChI is InChI=1S/C10H12FNO3/c1-6(2)15-10(13)7-4-5-8(11)12-9(7)14-3/h4-6H,1-3H3. The van der Waals surface area contributed by atoms with Crippen molar-refractivity contribution < 1.29 is 18.7 Å². The lowest BCUT2D eigenvalue weighted by molar-refractivity contribution is 0.0373. The van der Waals surface area contributed by atoms with Gasteiger partial charge in [0.1, 0.15) is 5.56 Å². The molecule has 0 saturated carbocycles. The van der Waals surface area contributed by atoms with E-state index in [4.69, 9.17) is 9.47 Å². The van der Waals surface area contributed by atoms with E-state index < -0.39 is 11.9 Å². The topological polar surface area (TPSA) is 48.4 Å².